The average molecular weight is 381 g/mol. The third kappa shape index (κ3) is 7.64. The van der Waals surface area contributed by atoms with Crippen molar-refractivity contribution >= 4 is 23.5 Å². The zero-order valence-electron chi connectivity index (χ0n) is 16.0. The number of hydrogen-bond acceptors (Lipinski definition) is 3. The third-order valence-corrected chi connectivity index (χ3v) is 4.77. The van der Waals surface area contributed by atoms with Gasteiger partial charge in [-0.05, 0) is 46.1 Å². The molecule has 0 saturated heterocycles. The van der Waals surface area contributed by atoms with Crippen LogP contribution in [0.1, 0.15) is 5.56 Å². The molecule has 27 heavy (non-hydrogen) atoms. The zero-order chi connectivity index (χ0) is 19.3. The highest BCUT2D eigenvalue weighted by molar-refractivity contribution is 7.99. The van der Waals surface area contributed by atoms with Crippen LogP contribution in [0.3, 0.4) is 0 Å². The number of allylic oxidation sites excluding steroid dienone is 5. The molecule has 0 atom stereocenters. The summed E-state index contributed by atoms with van der Waals surface area (Å²) in [6.45, 7) is 4.66. The molecule has 1 aromatic carbocycles. The first kappa shape index (κ1) is 20.7. The number of aromatic nitrogens is 2. The van der Waals surface area contributed by atoms with E-state index in [0.717, 1.165) is 28.7 Å². The van der Waals surface area contributed by atoms with Gasteiger partial charge in [0.15, 0.2) is 0 Å². The summed E-state index contributed by atoms with van der Waals surface area (Å²) in [5, 5.41) is 6.49. The Labute approximate surface area is 166 Å². The summed E-state index contributed by atoms with van der Waals surface area (Å²) >= 11 is 1.75. The number of nitrogens with two attached hydrogens (primary N) is 1. The number of aryl methyl sites for hydroxylation is 1. The highest BCUT2D eigenvalue weighted by Crippen LogP contribution is 2.14. The standard InChI is InChI=1S/C22H27N4S/c1-4-6-19(13-15-23-2)7-8-20-9-11-21(12-10-20)24-16-18-27-22-25-14-5-17-26(22)3/h4-15,17,23-24H,1,16,18H2,2-3H3/q+1/p+1/b8-7+,15-13-,19-6-. The first-order valence-electron chi connectivity index (χ1n) is 8.97. The molecule has 0 unspecified atom stereocenters. The molecule has 0 amide bonds. The van der Waals surface area contributed by atoms with Crippen LogP contribution in [-0.2, 0) is 7.05 Å². The molecule has 0 bridgehead atoms. The Hall–Kier alpha value is -2.63. The molecule has 1 aromatic heterocycles. The van der Waals surface area contributed by atoms with Gasteiger partial charge in [0.1, 0.15) is 6.20 Å². The van der Waals surface area contributed by atoms with E-state index in [9.17, 15) is 0 Å². The van der Waals surface area contributed by atoms with E-state index in [4.69, 9.17) is 0 Å². The molecule has 2 rings (SSSR count). The Balaban J connectivity index is 1.83. The van der Waals surface area contributed by atoms with Gasteiger partial charge in [-0.1, -0.05) is 43.0 Å². The minimum atomic E-state index is 0.890. The number of nitrogens with zero attached hydrogens (tertiary/aromatic N) is 2. The van der Waals surface area contributed by atoms with Gasteiger partial charge in [-0.3, -0.25) is 0 Å². The zero-order valence-corrected chi connectivity index (χ0v) is 16.8. The lowest BCUT2D eigenvalue weighted by Crippen LogP contribution is -2.72. The lowest BCUT2D eigenvalue weighted by molar-refractivity contribution is -0.713. The second kappa shape index (κ2) is 11.9. The van der Waals surface area contributed by atoms with Gasteiger partial charge in [-0.15, -0.1) is 0 Å². The summed E-state index contributed by atoms with van der Waals surface area (Å²) in [5.41, 5.74) is 3.41. The van der Waals surface area contributed by atoms with Crippen molar-refractivity contribution in [1.29, 1.82) is 0 Å². The van der Waals surface area contributed by atoms with E-state index in [0.29, 0.717) is 0 Å². The number of anilines is 1. The van der Waals surface area contributed by atoms with Crippen LogP contribution in [-0.4, -0.2) is 24.3 Å². The summed E-state index contributed by atoms with van der Waals surface area (Å²) in [6, 6.07) is 10.4. The van der Waals surface area contributed by atoms with Gasteiger partial charge in [0.2, 0.25) is 0 Å². The molecule has 0 aliphatic heterocycles. The van der Waals surface area contributed by atoms with Crippen LogP contribution >= 0.6 is 11.8 Å². The lowest BCUT2D eigenvalue weighted by Gasteiger charge is -2.05. The molecule has 0 fully saturated rings. The number of benzene rings is 1. The minimum absolute atomic E-state index is 0.890. The second-order valence-corrected chi connectivity index (χ2v) is 6.90. The molecule has 0 spiro atoms. The fourth-order valence-electron chi connectivity index (χ4n) is 2.32. The molecule has 140 valence electrons. The van der Waals surface area contributed by atoms with Gasteiger partial charge in [-0.25, -0.2) is 4.57 Å². The summed E-state index contributed by atoms with van der Waals surface area (Å²) in [6.07, 6.45) is 15.9. The van der Waals surface area contributed by atoms with Crippen LogP contribution in [0.4, 0.5) is 5.69 Å². The molecule has 0 aliphatic carbocycles. The van der Waals surface area contributed by atoms with E-state index >= 15 is 0 Å². The SMILES string of the molecule is C=C/C=C(\C=C/[NH2+]C)/C=C/c1ccc(NCCSc2nccc[n+]2C)cc1. The number of nitrogens with one attached hydrogen (secondary N) is 1. The van der Waals surface area contributed by atoms with Crippen molar-refractivity contribution in [2.75, 3.05) is 24.7 Å². The third-order valence-electron chi connectivity index (χ3n) is 3.72. The summed E-state index contributed by atoms with van der Waals surface area (Å²) in [5.74, 6) is 0.961. The smallest absolute Gasteiger partial charge is 0.358 e. The van der Waals surface area contributed by atoms with Gasteiger partial charge < -0.3 is 10.6 Å². The van der Waals surface area contributed by atoms with E-state index < -0.39 is 0 Å². The van der Waals surface area contributed by atoms with Crippen LogP contribution in [0, 0.1) is 0 Å². The van der Waals surface area contributed by atoms with Crippen molar-refractivity contribution in [2.24, 2.45) is 7.05 Å². The predicted molar refractivity (Wildman–Crippen MR) is 115 cm³/mol. The van der Waals surface area contributed by atoms with Crippen LogP contribution in [0.25, 0.3) is 6.08 Å². The maximum absolute atomic E-state index is 4.37. The van der Waals surface area contributed by atoms with Crippen molar-refractivity contribution in [1.82, 2.24) is 4.98 Å². The average Bonchev–Trinajstić information content (AvgIpc) is 2.69. The van der Waals surface area contributed by atoms with E-state index in [1.54, 1.807) is 17.8 Å². The highest BCUT2D eigenvalue weighted by atomic mass is 32.2. The molecule has 5 heteroatoms. The Kier molecular flexibility index (Phi) is 9.10. The van der Waals surface area contributed by atoms with E-state index in [1.807, 2.05) is 54.7 Å². The van der Waals surface area contributed by atoms with E-state index in [-0.39, 0.29) is 0 Å². The molecule has 0 aliphatic rings. The summed E-state index contributed by atoms with van der Waals surface area (Å²) in [4.78, 5) is 4.37. The van der Waals surface area contributed by atoms with Gasteiger partial charge in [0, 0.05) is 24.1 Å². The van der Waals surface area contributed by atoms with Gasteiger partial charge in [0.05, 0.1) is 26.5 Å². The molecular weight excluding hydrogens is 352 g/mol. The molecule has 0 radical (unpaired) electrons. The molecule has 0 saturated carbocycles. The van der Waals surface area contributed by atoms with Crippen LogP contribution in [0.15, 0.2) is 90.5 Å². The Bertz CT molecular complexity index is 807. The first-order chi connectivity index (χ1) is 13.2. The number of quaternary nitrogens is 1. The maximum atomic E-state index is 4.37. The van der Waals surface area contributed by atoms with Crippen LogP contribution < -0.4 is 15.2 Å². The Morgan fingerprint density at radius 3 is 2.81 bits per heavy atom. The predicted octanol–water partition coefficient (Wildman–Crippen LogP) is 2.94. The van der Waals surface area contributed by atoms with E-state index in [2.05, 4.69) is 59.4 Å². The number of hydrogen-bond donors (Lipinski definition) is 2. The maximum Gasteiger partial charge on any atom is 0.358 e. The van der Waals surface area contributed by atoms with Crippen molar-refractivity contribution in [3.8, 4) is 0 Å². The molecule has 3 N–H and O–H groups in total. The molecular formula is C22H28N4S+2. The Morgan fingerprint density at radius 2 is 2.11 bits per heavy atom. The second-order valence-electron chi connectivity index (χ2n) is 5.84. The van der Waals surface area contributed by atoms with Gasteiger partial charge in [-0.2, -0.15) is 0 Å². The van der Waals surface area contributed by atoms with Gasteiger partial charge in [0.25, 0.3) is 0 Å². The number of rotatable bonds is 10. The molecule has 4 nitrogen and oxygen atoms in total. The lowest BCUT2D eigenvalue weighted by atomic mass is 10.1. The summed E-state index contributed by atoms with van der Waals surface area (Å²) < 4.78 is 2.04. The Morgan fingerprint density at radius 1 is 1.30 bits per heavy atom. The molecule has 2 aromatic rings. The summed E-state index contributed by atoms with van der Waals surface area (Å²) in [7, 11) is 4.02. The number of thioether (sulfide) groups is 1. The van der Waals surface area contributed by atoms with E-state index in [1.165, 1.54) is 5.56 Å². The first-order valence-corrected chi connectivity index (χ1v) is 9.95. The quantitative estimate of drug-likeness (QED) is 0.219. The fourth-order valence-corrected chi connectivity index (χ4v) is 3.11. The van der Waals surface area contributed by atoms with Crippen molar-refractivity contribution in [2.45, 2.75) is 5.16 Å². The van der Waals surface area contributed by atoms with Crippen molar-refractivity contribution in [3.05, 3.63) is 90.9 Å². The highest BCUT2D eigenvalue weighted by Gasteiger charge is 2.07. The van der Waals surface area contributed by atoms with Gasteiger partial charge >= 0.3 is 5.16 Å². The normalized spacial score (nSPS) is 12.0. The van der Waals surface area contributed by atoms with Crippen LogP contribution in [0.2, 0.25) is 0 Å². The monoisotopic (exact) mass is 380 g/mol. The van der Waals surface area contributed by atoms with Crippen molar-refractivity contribution < 1.29 is 9.88 Å². The fraction of sp³-hybridized carbons (Fsp3) is 0.182. The minimum Gasteiger partial charge on any atom is -0.384 e. The van der Waals surface area contributed by atoms with Crippen LogP contribution in [0.5, 0.6) is 0 Å². The molecule has 1 heterocycles. The van der Waals surface area contributed by atoms with Crippen molar-refractivity contribution in [3.63, 3.8) is 0 Å². The topological polar surface area (TPSA) is 45.4 Å². The largest absolute Gasteiger partial charge is 0.384 e.